The number of hydrogen-bond acceptors (Lipinski definition) is 3. The van der Waals surface area contributed by atoms with E-state index in [1.165, 1.54) is 12.8 Å². The van der Waals surface area contributed by atoms with E-state index in [0.717, 1.165) is 29.4 Å². The minimum Gasteiger partial charge on any atom is -0.497 e. The van der Waals surface area contributed by atoms with Crippen LogP contribution in [0.3, 0.4) is 0 Å². The Kier molecular flexibility index (Phi) is 4.13. The van der Waals surface area contributed by atoms with Crippen molar-refractivity contribution in [1.82, 2.24) is 0 Å². The number of anilines is 1. The lowest BCUT2D eigenvalue weighted by Crippen LogP contribution is -2.29. The van der Waals surface area contributed by atoms with Gasteiger partial charge in [0.2, 0.25) is 0 Å². The zero-order valence-corrected chi connectivity index (χ0v) is 10.8. The number of methoxy groups -OCH3 is 1. The van der Waals surface area contributed by atoms with Gasteiger partial charge in [0.1, 0.15) is 5.75 Å². The largest absolute Gasteiger partial charge is 0.497 e. The Morgan fingerprint density at radius 2 is 2.29 bits per heavy atom. The molecular formula is C13H19ClN2O. The molecule has 94 valence electrons. The molecule has 1 aliphatic rings. The van der Waals surface area contributed by atoms with Crippen LogP contribution in [0.2, 0.25) is 5.02 Å². The highest BCUT2D eigenvalue weighted by Crippen LogP contribution is 2.32. The summed E-state index contributed by atoms with van der Waals surface area (Å²) in [5, 5.41) is 4.22. The van der Waals surface area contributed by atoms with Crippen molar-refractivity contribution in [3.63, 3.8) is 0 Å². The van der Waals surface area contributed by atoms with Crippen molar-refractivity contribution in [3.05, 3.63) is 23.2 Å². The van der Waals surface area contributed by atoms with E-state index in [1.807, 2.05) is 18.2 Å². The predicted molar refractivity (Wildman–Crippen MR) is 71.8 cm³/mol. The molecule has 0 heterocycles. The van der Waals surface area contributed by atoms with Crippen molar-refractivity contribution in [2.24, 2.45) is 11.7 Å². The fourth-order valence-corrected chi connectivity index (χ4v) is 2.62. The fourth-order valence-electron chi connectivity index (χ4n) is 2.45. The molecule has 0 spiro atoms. The number of ether oxygens (including phenoxy) is 1. The van der Waals surface area contributed by atoms with Crippen LogP contribution < -0.4 is 15.8 Å². The van der Waals surface area contributed by atoms with Gasteiger partial charge < -0.3 is 15.8 Å². The Labute approximate surface area is 107 Å². The molecule has 0 radical (unpaired) electrons. The van der Waals surface area contributed by atoms with Crippen LogP contribution in [0, 0.1) is 5.92 Å². The van der Waals surface area contributed by atoms with Crippen molar-refractivity contribution in [2.75, 3.05) is 19.0 Å². The number of nitrogens with two attached hydrogens (primary N) is 1. The monoisotopic (exact) mass is 254 g/mol. The van der Waals surface area contributed by atoms with Gasteiger partial charge in [0, 0.05) is 12.1 Å². The van der Waals surface area contributed by atoms with E-state index in [1.54, 1.807) is 7.11 Å². The smallest absolute Gasteiger partial charge is 0.121 e. The highest BCUT2D eigenvalue weighted by Gasteiger charge is 2.26. The Bertz CT molecular complexity index is 384. The molecule has 0 aliphatic heterocycles. The third-order valence-electron chi connectivity index (χ3n) is 3.48. The molecule has 2 unspecified atom stereocenters. The third kappa shape index (κ3) is 2.85. The SMILES string of the molecule is COc1ccc(Cl)c(NC2CCCC2CN)c1. The van der Waals surface area contributed by atoms with Crippen LogP contribution in [0.5, 0.6) is 5.75 Å². The van der Waals surface area contributed by atoms with Crippen LogP contribution in [0.25, 0.3) is 0 Å². The van der Waals surface area contributed by atoms with E-state index < -0.39 is 0 Å². The van der Waals surface area contributed by atoms with Crippen molar-refractivity contribution in [2.45, 2.75) is 25.3 Å². The normalized spacial score (nSPS) is 23.7. The first-order chi connectivity index (χ1) is 8.24. The molecule has 1 fully saturated rings. The van der Waals surface area contributed by atoms with Crippen molar-refractivity contribution in [1.29, 1.82) is 0 Å². The van der Waals surface area contributed by atoms with Gasteiger partial charge in [-0.3, -0.25) is 0 Å². The first-order valence-corrected chi connectivity index (χ1v) is 6.42. The van der Waals surface area contributed by atoms with Gasteiger partial charge in [-0.1, -0.05) is 18.0 Å². The Morgan fingerprint density at radius 1 is 1.47 bits per heavy atom. The van der Waals surface area contributed by atoms with E-state index >= 15 is 0 Å². The van der Waals surface area contributed by atoms with E-state index in [9.17, 15) is 0 Å². The number of nitrogens with one attached hydrogen (secondary N) is 1. The number of halogens is 1. The molecule has 1 saturated carbocycles. The van der Waals surface area contributed by atoms with Gasteiger partial charge in [-0.15, -0.1) is 0 Å². The summed E-state index contributed by atoms with van der Waals surface area (Å²) in [5.74, 6) is 1.37. The molecule has 2 atom stereocenters. The molecule has 0 bridgehead atoms. The highest BCUT2D eigenvalue weighted by atomic mass is 35.5. The van der Waals surface area contributed by atoms with Gasteiger partial charge in [0.25, 0.3) is 0 Å². The predicted octanol–water partition coefficient (Wildman–Crippen LogP) is 2.89. The molecule has 1 aliphatic carbocycles. The maximum absolute atomic E-state index is 6.17. The summed E-state index contributed by atoms with van der Waals surface area (Å²) in [6.45, 7) is 0.735. The van der Waals surface area contributed by atoms with Gasteiger partial charge in [0.15, 0.2) is 0 Å². The second-order valence-electron chi connectivity index (χ2n) is 4.52. The molecule has 17 heavy (non-hydrogen) atoms. The fraction of sp³-hybridized carbons (Fsp3) is 0.538. The van der Waals surface area contributed by atoms with Crippen LogP contribution in [0.15, 0.2) is 18.2 Å². The minimum absolute atomic E-state index is 0.435. The van der Waals surface area contributed by atoms with E-state index in [2.05, 4.69) is 5.32 Å². The molecular weight excluding hydrogens is 236 g/mol. The topological polar surface area (TPSA) is 47.3 Å². The maximum Gasteiger partial charge on any atom is 0.121 e. The lowest BCUT2D eigenvalue weighted by atomic mass is 10.0. The van der Waals surface area contributed by atoms with E-state index in [0.29, 0.717) is 12.0 Å². The van der Waals surface area contributed by atoms with Crippen LogP contribution in [0.1, 0.15) is 19.3 Å². The first kappa shape index (κ1) is 12.5. The minimum atomic E-state index is 0.435. The summed E-state index contributed by atoms with van der Waals surface area (Å²) in [7, 11) is 1.66. The molecule has 0 amide bonds. The standard InChI is InChI=1S/C13H19ClN2O/c1-17-10-5-6-11(14)13(7-10)16-12-4-2-3-9(12)8-15/h5-7,9,12,16H,2-4,8,15H2,1H3. The highest BCUT2D eigenvalue weighted by molar-refractivity contribution is 6.33. The zero-order valence-electron chi connectivity index (χ0n) is 10.1. The van der Waals surface area contributed by atoms with Crippen LogP contribution in [0.4, 0.5) is 5.69 Å². The van der Waals surface area contributed by atoms with Gasteiger partial charge >= 0.3 is 0 Å². The third-order valence-corrected chi connectivity index (χ3v) is 3.81. The van der Waals surface area contributed by atoms with Gasteiger partial charge in [0.05, 0.1) is 17.8 Å². The molecule has 4 heteroatoms. The molecule has 1 aromatic carbocycles. The van der Waals surface area contributed by atoms with Crippen molar-refractivity contribution in [3.8, 4) is 5.75 Å². The Morgan fingerprint density at radius 3 is 3.00 bits per heavy atom. The van der Waals surface area contributed by atoms with Gasteiger partial charge in [-0.25, -0.2) is 0 Å². The van der Waals surface area contributed by atoms with Crippen LogP contribution in [-0.2, 0) is 0 Å². The Hall–Kier alpha value is -0.930. The average molecular weight is 255 g/mol. The van der Waals surface area contributed by atoms with Crippen LogP contribution in [-0.4, -0.2) is 19.7 Å². The molecule has 0 saturated heterocycles. The summed E-state index contributed by atoms with van der Waals surface area (Å²) in [6, 6.07) is 6.09. The van der Waals surface area contributed by atoms with Crippen molar-refractivity contribution < 1.29 is 4.74 Å². The van der Waals surface area contributed by atoms with E-state index in [4.69, 9.17) is 22.1 Å². The molecule has 3 N–H and O–H groups in total. The molecule has 0 aromatic heterocycles. The van der Waals surface area contributed by atoms with Gasteiger partial charge in [-0.05, 0) is 37.4 Å². The summed E-state index contributed by atoms with van der Waals surface area (Å²) in [4.78, 5) is 0. The zero-order chi connectivity index (χ0) is 12.3. The van der Waals surface area contributed by atoms with E-state index in [-0.39, 0.29) is 0 Å². The first-order valence-electron chi connectivity index (χ1n) is 6.04. The average Bonchev–Trinajstić information content (AvgIpc) is 2.79. The second-order valence-corrected chi connectivity index (χ2v) is 4.93. The van der Waals surface area contributed by atoms with Crippen LogP contribution >= 0.6 is 11.6 Å². The maximum atomic E-state index is 6.17. The number of benzene rings is 1. The summed E-state index contributed by atoms with van der Waals surface area (Å²) < 4.78 is 5.20. The van der Waals surface area contributed by atoms with Crippen molar-refractivity contribution >= 4 is 17.3 Å². The number of hydrogen-bond donors (Lipinski definition) is 2. The lowest BCUT2D eigenvalue weighted by Gasteiger charge is -2.21. The number of rotatable bonds is 4. The molecule has 2 rings (SSSR count). The quantitative estimate of drug-likeness (QED) is 0.869. The molecule has 1 aromatic rings. The summed E-state index contributed by atoms with van der Waals surface area (Å²) in [5.41, 5.74) is 6.72. The summed E-state index contributed by atoms with van der Waals surface area (Å²) in [6.07, 6.45) is 3.60. The van der Waals surface area contributed by atoms with Gasteiger partial charge in [-0.2, -0.15) is 0 Å². The second kappa shape index (κ2) is 5.61. The molecule has 3 nitrogen and oxygen atoms in total. The summed E-state index contributed by atoms with van der Waals surface area (Å²) >= 11 is 6.17. The Balaban J connectivity index is 2.12. The lowest BCUT2D eigenvalue weighted by molar-refractivity contribution is 0.415.